The highest BCUT2D eigenvalue weighted by molar-refractivity contribution is 8.19. The van der Waals surface area contributed by atoms with Crippen molar-refractivity contribution >= 4 is 34.6 Å². The second-order valence-corrected chi connectivity index (χ2v) is 7.06. The number of anilines is 1. The van der Waals surface area contributed by atoms with Crippen molar-refractivity contribution in [2.45, 2.75) is 26.2 Å². The number of hydrogen-bond donors (Lipinski definition) is 1. The maximum atomic E-state index is 13.0. The van der Waals surface area contributed by atoms with Gasteiger partial charge >= 0.3 is 0 Å². The van der Waals surface area contributed by atoms with Crippen LogP contribution in [0.5, 0.6) is 5.75 Å². The Balaban J connectivity index is 1.89. The normalized spacial score (nSPS) is 17.4. The Morgan fingerprint density at radius 3 is 2.50 bits per heavy atom. The third-order valence-corrected chi connectivity index (χ3v) is 5.03. The summed E-state index contributed by atoms with van der Waals surface area (Å²) in [7, 11) is 0. The van der Waals surface area contributed by atoms with E-state index < -0.39 is 0 Å². The van der Waals surface area contributed by atoms with Gasteiger partial charge in [-0.15, -0.1) is 0 Å². The zero-order chi connectivity index (χ0) is 18.4. The second-order valence-electron chi connectivity index (χ2n) is 6.05. The monoisotopic (exact) mass is 366 g/mol. The number of rotatable bonds is 6. The molecular formula is C21H22N2O2S. The lowest BCUT2D eigenvalue weighted by Gasteiger charge is -2.15. The summed E-state index contributed by atoms with van der Waals surface area (Å²) >= 11 is 1.40. The SMILES string of the molecule is CCCCC/N=C1\S/C(=C\c2ccc(O)cc2)C(=O)N1c1ccccc1. The third-order valence-electron chi connectivity index (χ3n) is 4.02. The lowest BCUT2D eigenvalue weighted by atomic mass is 10.2. The van der Waals surface area contributed by atoms with Gasteiger partial charge in [-0.05, 0) is 54.1 Å². The average Bonchev–Trinajstić information content (AvgIpc) is 2.97. The van der Waals surface area contributed by atoms with Gasteiger partial charge in [-0.25, -0.2) is 0 Å². The number of amidine groups is 1. The first kappa shape index (κ1) is 18.3. The molecule has 134 valence electrons. The molecule has 3 rings (SSSR count). The summed E-state index contributed by atoms with van der Waals surface area (Å²) in [5, 5.41) is 10.1. The summed E-state index contributed by atoms with van der Waals surface area (Å²) in [6.07, 6.45) is 5.15. The molecule has 1 saturated heterocycles. The smallest absolute Gasteiger partial charge is 0.271 e. The number of phenols is 1. The Morgan fingerprint density at radius 2 is 1.81 bits per heavy atom. The first-order valence-corrected chi connectivity index (χ1v) is 9.63. The number of carbonyl (C=O) groups is 1. The molecule has 0 bridgehead atoms. The van der Waals surface area contributed by atoms with Crippen LogP contribution in [0.3, 0.4) is 0 Å². The first-order chi connectivity index (χ1) is 12.7. The number of amides is 1. The standard InChI is InChI=1S/C21H22N2O2S/c1-2-3-7-14-22-21-23(17-8-5-4-6-9-17)20(25)19(26-21)15-16-10-12-18(24)13-11-16/h4-6,8-13,15,24H,2-3,7,14H2,1H3/b19-15-,22-21-. The molecule has 0 radical (unpaired) electrons. The molecule has 2 aromatic carbocycles. The van der Waals surface area contributed by atoms with Crippen LogP contribution in [0.1, 0.15) is 31.7 Å². The molecule has 0 atom stereocenters. The highest BCUT2D eigenvalue weighted by Crippen LogP contribution is 2.36. The minimum atomic E-state index is -0.0662. The van der Waals surface area contributed by atoms with Crippen molar-refractivity contribution in [3.05, 3.63) is 65.1 Å². The summed E-state index contributed by atoms with van der Waals surface area (Å²) in [5.74, 6) is 0.144. The molecule has 5 heteroatoms. The number of unbranched alkanes of at least 4 members (excludes halogenated alkanes) is 2. The number of carbonyl (C=O) groups excluding carboxylic acids is 1. The molecule has 1 N–H and O–H groups in total. The zero-order valence-corrected chi connectivity index (χ0v) is 15.6. The number of benzene rings is 2. The van der Waals surface area contributed by atoms with Gasteiger partial charge in [0.05, 0.1) is 10.6 Å². The molecule has 1 aliphatic heterocycles. The van der Waals surface area contributed by atoms with Crippen LogP contribution in [-0.2, 0) is 4.79 Å². The summed E-state index contributed by atoms with van der Waals surface area (Å²) in [6.45, 7) is 2.88. The van der Waals surface area contributed by atoms with Crippen molar-refractivity contribution < 1.29 is 9.90 Å². The maximum absolute atomic E-state index is 13.0. The van der Waals surface area contributed by atoms with E-state index in [0.717, 1.165) is 42.2 Å². The van der Waals surface area contributed by atoms with Crippen molar-refractivity contribution in [1.29, 1.82) is 0 Å². The van der Waals surface area contributed by atoms with Crippen LogP contribution in [0.4, 0.5) is 5.69 Å². The summed E-state index contributed by atoms with van der Waals surface area (Å²) in [5.41, 5.74) is 1.70. The van der Waals surface area contributed by atoms with Crippen molar-refractivity contribution in [2.24, 2.45) is 4.99 Å². The fourth-order valence-corrected chi connectivity index (χ4v) is 3.65. The van der Waals surface area contributed by atoms with Crippen LogP contribution < -0.4 is 4.90 Å². The van der Waals surface area contributed by atoms with Crippen molar-refractivity contribution in [3.63, 3.8) is 0 Å². The molecule has 1 fully saturated rings. The molecule has 0 aromatic heterocycles. The van der Waals surface area contributed by atoms with E-state index >= 15 is 0 Å². The molecule has 0 spiro atoms. The largest absolute Gasteiger partial charge is 0.508 e. The highest BCUT2D eigenvalue weighted by atomic mass is 32.2. The average molecular weight is 366 g/mol. The van der Waals surface area contributed by atoms with Gasteiger partial charge in [0.15, 0.2) is 5.17 Å². The lowest BCUT2D eigenvalue weighted by molar-refractivity contribution is -0.113. The number of thioether (sulfide) groups is 1. The van der Waals surface area contributed by atoms with E-state index in [1.807, 2.05) is 36.4 Å². The minimum Gasteiger partial charge on any atom is -0.508 e. The van der Waals surface area contributed by atoms with Crippen molar-refractivity contribution in [1.82, 2.24) is 0 Å². The molecular weight excluding hydrogens is 344 g/mol. The second kappa shape index (κ2) is 8.72. The van der Waals surface area contributed by atoms with Crippen LogP contribution in [0, 0.1) is 0 Å². The quantitative estimate of drug-likeness (QED) is 0.574. The molecule has 0 saturated carbocycles. The number of nitrogens with zero attached hydrogens (tertiary/aromatic N) is 2. The molecule has 26 heavy (non-hydrogen) atoms. The maximum Gasteiger partial charge on any atom is 0.271 e. The third kappa shape index (κ3) is 4.35. The van der Waals surface area contributed by atoms with Gasteiger partial charge in [-0.3, -0.25) is 14.7 Å². The number of phenolic OH excluding ortho intramolecular Hbond substituents is 1. The fraction of sp³-hybridized carbons (Fsp3) is 0.238. The number of aromatic hydroxyl groups is 1. The summed E-state index contributed by atoms with van der Waals surface area (Å²) in [4.78, 5) is 20.0. The van der Waals surface area contributed by atoms with E-state index in [4.69, 9.17) is 0 Å². The molecule has 0 aliphatic carbocycles. The van der Waals surface area contributed by atoms with Crippen molar-refractivity contribution in [3.8, 4) is 5.75 Å². The lowest BCUT2D eigenvalue weighted by Crippen LogP contribution is -2.28. The van der Waals surface area contributed by atoms with E-state index in [0.29, 0.717) is 4.91 Å². The Bertz CT molecular complexity index is 814. The molecule has 1 aliphatic rings. The van der Waals surface area contributed by atoms with Gasteiger partial charge in [0, 0.05) is 6.54 Å². The van der Waals surface area contributed by atoms with E-state index in [1.165, 1.54) is 11.8 Å². The van der Waals surface area contributed by atoms with Gasteiger partial charge in [0.1, 0.15) is 5.75 Å². The molecule has 0 unspecified atom stereocenters. The first-order valence-electron chi connectivity index (χ1n) is 8.81. The Labute approximate surface area is 158 Å². The highest BCUT2D eigenvalue weighted by Gasteiger charge is 2.34. The topological polar surface area (TPSA) is 52.9 Å². The van der Waals surface area contributed by atoms with Gasteiger partial charge in [0.2, 0.25) is 0 Å². The van der Waals surface area contributed by atoms with E-state index in [9.17, 15) is 9.90 Å². The van der Waals surface area contributed by atoms with E-state index in [1.54, 1.807) is 29.2 Å². The predicted octanol–water partition coefficient (Wildman–Crippen LogP) is 5.06. The van der Waals surface area contributed by atoms with Crippen LogP contribution in [-0.4, -0.2) is 22.7 Å². The summed E-state index contributed by atoms with van der Waals surface area (Å²) in [6, 6.07) is 16.4. The zero-order valence-electron chi connectivity index (χ0n) is 14.8. The van der Waals surface area contributed by atoms with Crippen LogP contribution in [0.2, 0.25) is 0 Å². The fourth-order valence-electron chi connectivity index (χ4n) is 2.64. The van der Waals surface area contributed by atoms with Gasteiger partial charge < -0.3 is 5.11 Å². The minimum absolute atomic E-state index is 0.0662. The van der Waals surface area contributed by atoms with Crippen LogP contribution in [0.15, 0.2) is 64.5 Å². The Hall–Kier alpha value is -2.53. The van der Waals surface area contributed by atoms with Crippen LogP contribution >= 0.6 is 11.8 Å². The van der Waals surface area contributed by atoms with Crippen molar-refractivity contribution in [2.75, 3.05) is 11.4 Å². The molecule has 4 nitrogen and oxygen atoms in total. The number of aliphatic imine (C=N–C) groups is 1. The number of hydrogen-bond acceptors (Lipinski definition) is 4. The number of para-hydroxylation sites is 1. The van der Waals surface area contributed by atoms with Gasteiger partial charge in [0.25, 0.3) is 5.91 Å². The molecule has 2 aromatic rings. The van der Waals surface area contributed by atoms with Gasteiger partial charge in [-0.2, -0.15) is 0 Å². The van der Waals surface area contributed by atoms with Gasteiger partial charge in [-0.1, -0.05) is 50.1 Å². The molecule has 1 heterocycles. The van der Waals surface area contributed by atoms with E-state index in [2.05, 4.69) is 11.9 Å². The Morgan fingerprint density at radius 1 is 1.08 bits per heavy atom. The Kier molecular flexibility index (Phi) is 6.12. The predicted molar refractivity (Wildman–Crippen MR) is 109 cm³/mol. The van der Waals surface area contributed by atoms with Crippen LogP contribution in [0.25, 0.3) is 6.08 Å². The summed E-state index contributed by atoms with van der Waals surface area (Å²) < 4.78 is 0. The van der Waals surface area contributed by atoms with E-state index in [-0.39, 0.29) is 11.7 Å². The molecule has 1 amide bonds.